The summed E-state index contributed by atoms with van der Waals surface area (Å²) in [5.41, 5.74) is 5.41. The fraction of sp³-hybridized carbons (Fsp3) is 0.152. The van der Waals surface area contributed by atoms with Crippen molar-refractivity contribution in [2.45, 2.75) is 32.1 Å². The molecule has 0 saturated heterocycles. The molecule has 6 rings (SSSR count). The van der Waals surface area contributed by atoms with Gasteiger partial charge in [-0.1, -0.05) is 66.7 Å². The smallest absolute Gasteiger partial charge is 0.255 e. The third-order valence-electron chi connectivity index (χ3n) is 7.50. The molecule has 1 unspecified atom stereocenters. The van der Waals surface area contributed by atoms with E-state index in [9.17, 15) is 9.59 Å². The molecule has 0 bridgehead atoms. The van der Waals surface area contributed by atoms with Crippen LogP contribution in [0.5, 0.6) is 0 Å². The van der Waals surface area contributed by atoms with Gasteiger partial charge in [0.05, 0.1) is 0 Å². The maximum absolute atomic E-state index is 13.6. The van der Waals surface area contributed by atoms with E-state index in [1.807, 2.05) is 55.5 Å². The highest BCUT2D eigenvalue weighted by molar-refractivity contribution is 6.10. The first-order chi connectivity index (χ1) is 17.6. The average molecular weight is 470 g/mol. The number of Topliss-reactive ketones (excluding diaryl/α,β-unsaturated/α-hetero) is 1. The van der Waals surface area contributed by atoms with Crippen molar-refractivity contribution < 1.29 is 9.59 Å². The monoisotopic (exact) mass is 469 g/mol. The molecule has 0 spiro atoms. The number of carbonyl (C=O) groups excluding carboxylic acids is 2. The van der Waals surface area contributed by atoms with Gasteiger partial charge >= 0.3 is 0 Å². The van der Waals surface area contributed by atoms with Crippen LogP contribution < -0.4 is 5.32 Å². The van der Waals surface area contributed by atoms with Crippen LogP contribution >= 0.6 is 0 Å². The number of benzene rings is 5. The van der Waals surface area contributed by atoms with E-state index in [0.717, 1.165) is 30.4 Å². The van der Waals surface area contributed by atoms with Gasteiger partial charge in [-0.3, -0.25) is 9.59 Å². The number of anilines is 1. The number of nitrogens with one attached hydrogen (secondary N) is 1. The van der Waals surface area contributed by atoms with Crippen LogP contribution in [-0.2, 0) is 6.42 Å². The molecule has 1 amide bonds. The minimum Gasteiger partial charge on any atom is -0.322 e. The van der Waals surface area contributed by atoms with E-state index >= 15 is 0 Å². The van der Waals surface area contributed by atoms with Crippen LogP contribution in [0, 0.1) is 6.92 Å². The van der Waals surface area contributed by atoms with Gasteiger partial charge in [0.1, 0.15) is 0 Å². The number of rotatable bonds is 4. The Kier molecular flexibility index (Phi) is 5.61. The van der Waals surface area contributed by atoms with Crippen molar-refractivity contribution >= 4 is 38.9 Å². The molecular weight excluding hydrogens is 442 g/mol. The number of hydrogen-bond acceptors (Lipinski definition) is 2. The predicted octanol–water partition coefficient (Wildman–Crippen LogP) is 7.86. The van der Waals surface area contributed by atoms with Crippen LogP contribution in [0.25, 0.3) is 21.5 Å². The molecule has 0 saturated carbocycles. The van der Waals surface area contributed by atoms with Crippen LogP contribution in [0.15, 0.2) is 97.1 Å². The predicted molar refractivity (Wildman–Crippen MR) is 147 cm³/mol. The molecule has 3 heteroatoms. The number of ketones is 1. The summed E-state index contributed by atoms with van der Waals surface area (Å²) in [4.78, 5) is 26.3. The van der Waals surface area contributed by atoms with Crippen molar-refractivity contribution in [3.63, 3.8) is 0 Å². The van der Waals surface area contributed by atoms with Gasteiger partial charge in [0.2, 0.25) is 0 Å². The molecule has 3 nitrogen and oxygen atoms in total. The molecule has 5 aromatic rings. The molecule has 5 aromatic carbocycles. The second kappa shape index (κ2) is 9.09. The zero-order valence-corrected chi connectivity index (χ0v) is 20.3. The Morgan fingerprint density at radius 1 is 0.750 bits per heavy atom. The summed E-state index contributed by atoms with van der Waals surface area (Å²) in [5, 5.41) is 7.96. The summed E-state index contributed by atoms with van der Waals surface area (Å²) in [6.45, 7) is 1.92. The molecule has 0 radical (unpaired) electrons. The fourth-order valence-electron chi connectivity index (χ4n) is 5.63. The lowest BCUT2D eigenvalue weighted by Gasteiger charge is -2.26. The number of carbonyl (C=O) groups is 2. The summed E-state index contributed by atoms with van der Waals surface area (Å²) in [7, 11) is 0. The van der Waals surface area contributed by atoms with Crippen LogP contribution in [0.4, 0.5) is 5.69 Å². The van der Waals surface area contributed by atoms with Crippen molar-refractivity contribution in [2.75, 3.05) is 5.32 Å². The van der Waals surface area contributed by atoms with Crippen LogP contribution in [0.1, 0.15) is 56.2 Å². The van der Waals surface area contributed by atoms with E-state index in [0.29, 0.717) is 16.8 Å². The second-order valence-corrected chi connectivity index (χ2v) is 9.67. The SMILES string of the molecule is Cc1ccccc1C(=O)Nc1ccc(C(=O)C2CCCc3c2ccc2c3ccc3ccccc32)cc1. The average Bonchev–Trinajstić information content (AvgIpc) is 2.92. The van der Waals surface area contributed by atoms with Crippen molar-refractivity contribution in [3.05, 3.63) is 125 Å². The van der Waals surface area contributed by atoms with Gasteiger partial charge in [-0.05, 0) is 94.8 Å². The fourth-order valence-corrected chi connectivity index (χ4v) is 5.63. The Labute approximate surface area is 210 Å². The first-order valence-electron chi connectivity index (χ1n) is 12.5. The highest BCUT2D eigenvalue weighted by atomic mass is 16.1. The summed E-state index contributed by atoms with van der Waals surface area (Å²) in [6, 6.07) is 32.1. The van der Waals surface area contributed by atoms with Crippen LogP contribution in [0.3, 0.4) is 0 Å². The van der Waals surface area contributed by atoms with E-state index in [1.54, 1.807) is 0 Å². The van der Waals surface area contributed by atoms with E-state index in [-0.39, 0.29) is 17.6 Å². The Balaban J connectivity index is 1.28. The zero-order valence-electron chi connectivity index (χ0n) is 20.3. The quantitative estimate of drug-likeness (QED) is 0.215. The molecule has 1 aliphatic carbocycles. The molecule has 0 fully saturated rings. The molecule has 1 atom stereocenters. The van der Waals surface area contributed by atoms with E-state index < -0.39 is 0 Å². The highest BCUT2D eigenvalue weighted by Gasteiger charge is 2.28. The van der Waals surface area contributed by atoms with E-state index in [2.05, 4.69) is 53.8 Å². The topological polar surface area (TPSA) is 46.2 Å². The largest absolute Gasteiger partial charge is 0.322 e. The standard InChI is InChI=1S/C33H27NO2/c1-21-7-2-4-9-25(21)33(36)34-24-16-13-23(14-17-24)32(35)31-12-6-11-27-29-18-15-22-8-3-5-10-26(22)28(29)19-20-30(27)31/h2-5,7-10,13-20,31H,6,11-12H2,1H3,(H,34,36). The minimum atomic E-state index is -0.146. The third kappa shape index (κ3) is 3.87. The van der Waals surface area contributed by atoms with Gasteiger partial charge in [-0.15, -0.1) is 0 Å². The van der Waals surface area contributed by atoms with Crippen LogP contribution in [-0.4, -0.2) is 11.7 Å². The highest BCUT2D eigenvalue weighted by Crippen LogP contribution is 2.39. The number of hydrogen-bond donors (Lipinski definition) is 1. The maximum Gasteiger partial charge on any atom is 0.255 e. The van der Waals surface area contributed by atoms with Gasteiger partial charge in [-0.2, -0.15) is 0 Å². The lowest BCUT2D eigenvalue weighted by molar-refractivity contribution is 0.0950. The Hall–Kier alpha value is -4.24. The van der Waals surface area contributed by atoms with Gasteiger partial charge in [-0.25, -0.2) is 0 Å². The molecule has 36 heavy (non-hydrogen) atoms. The number of aryl methyl sites for hydroxylation is 2. The molecule has 0 heterocycles. The summed E-state index contributed by atoms with van der Waals surface area (Å²) in [5.74, 6) is -0.141. The van der Waals surface area contributed by atoms with Gasteiger partial charge in [0.15, 0.2) is 5.78 Å². The zero-order chi connectivity index (χ0) is 24.6. The Morgan fingerprint density at radius 2 is 1.50 bits per heavy atom. The molecule has 0 aromatic heterocycles. The lowest BCUT2D eigenvalue weighted by atomic mass is 9.77. The number of amides is 1. The second-order valence-electron chi connectivity index (χ2n) is 9.67. The van der Waals surface area contributed by atoms with Gasteiger partial charge in [0, 0.05) is 22.7 Å². The van der Waals surface area contributed by atoms with Gasteiger partial charge < -0.3 is 5.32 Å². The summed E-state index contributed by atoms with van der Waals surface area (Å²) < 4.78 is 0. The normalized spacial score (nSPS) is 15.0. The molecule has 0 aliphatic heterocycles. The Morgan fingerprint density at radius 3 is 2.33 bits per heavy atom. The van der Waals surface area contributed by atoms with Crippen molar-refractivity contribution in [1.82, 2.24) is 0 Å². The van der Waals surface area contributed by atoms with Crippen molar-refractivity contribution in [1.29, 1.82) is 0 Å². The maximum atomic E-state index is 13.6. The van der Waals surface area contributed by atoms with Crippen LogP contribution in [0.2, 0.25) is 0 Å². The lowest BCUT2D eigenvalue weighted by Crippen LogP contribution is -2.19. The van der Waals surface area contributed by atoms with E-state index in [4.69, 9.17) is 0 Å². The van der Waals surface area contributed by atoms with E-state index in [1.165, 1.54) is 27.1 Å². The minimum absolute atomic E-state index is 0.142. The van der Waals surface area contributed by atoms with Gasteiger partial charge in [0.25, 0.3) is 5.91 Å². The number of fused-ring (bicyclic) bond motifs is 5. The molecule has 1 aliphatic rings. The molecule has 1 N–H and O–H groups in total. The Bertz CT molecular complexity index is 1630. The van der Waals surface area contributed by atoms with Crippen molar-refractivity contribution in [2.24, 2.45) is 0 Å². The third-order valence-corrected chi connectivity index (χ3v) is 7.50. The first-order valence-corrected chi connectivity index (χ1v) is 12.5. The van der Waals surface area contributed by atoms with Crippen molar-refractivity contribution in [3.8, 4) is 0 Å². The first kappa shape index (κ1) is 22.2. The summed E-state index contributed by atoms with van der Waals surface area (Å²) >= 11 is 0. The molecular formula is C33H27NO2. The molecule has 176 valence electrons. The summed E-state index contributed by atoms with van der Waals surface area (Å²) in [6.07, 6.45) is 2.86.